The Bertz CT molecular complexity index is 1730. The first-order valence-corrected chi connectivity index (χ1v) is 15.3. The molecular weight excluding hydrogens is 569 g/mol. The van der Waals surface area contributed by atoms with Gasteiger partial charge >= 0.3 is 0 Å². The van der Waals surface area contributed by atoms with Crippen molar-refractivity contribution in [1.82, 2.24) is 29.5 Å². The number of aliphatic hydroxyl groups excluding tert-OH is 1. The Hall–Kier alpha value is -4.12. The molecule has 0 unspecified atom stereocenters. The van der Waals surface area contributed by atoms with E-state index in [9.17, 15) is 15.2 Å². The maximum Gasteiger partial charge on any atom is 0.238 e. The van der Waals surface area contributed by atoms with E-state index >= 15 is 4.39 Å². The molecule has 3 aromatic heterocycles. The second kappa shape index (κ2) is 10.9. The van der Waals surface area contributed by atoms with Crippen LogP contribution >= 0.6 is 11.3 Å². The molecular formula is C30H32FN9O2S. The van der Waals surface area contributed by atoms with Crippen LogP contribution in [0.3, 0.4) is 0 Å². The fraction of sp³-hybridized carbons (Fsp3) is 0.433. The first kappa shape index (κ1) is 27.7. The Morgan fingerprint density at radius 2 is 1.88 bits per heavy atom. The molecule has 2 aliphatic heterocycles. The zero-order chi connectivity index (χ0) is 29.8. The van der Waals surface area contributed by atoms with E-state index in [0.29, 0.717) is 72.9 Å². The van der Waals surface area contributed by atoms with Gasteiger partial charge in [-0.15, -0.1) is 0 Å². The highest BCUT2D eigenvalue weighted by Crippen LogP contribution is 2.44. The summed E-state index contributed by atoms with van der Waals surface area (Å²) in [6.45, 7) is 5.45. The molecule has 13 heteroatoms. The van der Waals surface area contributed by atoms with E-state index in [1.165, 1.54) is 11.3 Å². The third kappa shape index (κ3) is 5.20. The van der Waals surface area contributed by atoms with Crippen molar-refractivity contribution in [2.24, 2.45) is 0 Å². The highest BCUT2D eigenvalue weighted by molar-refractivity contribution is 7.16. The quantitative estimate of drug-likeness (QED) is 0.319. The summed E-state index contributed by atoms with van der Waals surface area (Å²) in [6.07, 6.45) is 1.55. The minimum absolute atomic E-state index is 0.0143. The molecule has 43 heavy (non-hydrogen) atoms. The molecule has 3 fully saturated rings. The number of pyridine rings is 1. The van der Waals surface area contributed by atoms with Gasteiger partial charge in [0.25, 0.3) is 0 Å². The van der Waals surface area contributed by atoms with Crippen molar-refractivity contribution >= 4 is 44.9 Å². The number of fused-ring (bicyclic) bond motifs is 1. The number of hydrogen-bond donors (Lipinski definition) is 1. The van der Waals surface area contributed by atoms with E-state index in [4.69, 9.17) is 10.1 Å². The van der Waals surface area contributed by atoms with Gasteiger partial charge in [-0.2, -0.15) is 19.7 Å². The fourth-order valence-corrected chi connectivity index (χ4v) is 6.59. The number of likely N-dealkylation sites (tertiary alicyclic amines) is 1. The normalized spacial score (nSPS) is 17.7. The highest BCUT2D eigenvalue weighted by Gasteiger charge is 2.34. The summed E-state index contributed by atoms with van der Waals surface area (Å²) in [5.41, 5.74) is 3.40. The number of piperazine rings is 1. The molecule has 0 bridgehead atoms. The summed E-state index contributed by atoms with van der Waals surface area (Å²) < 4.78 is 17.4. The Balaban J connectivity index is 1.17. The van der Waals surface area contributed by atoms with E-state index in [1.807, 2.05) is 58.8 Å². The van der Waals surface area contributed by atoms with Crippen molar-refractivity contribution in [2.45, 2.75) is 31.9 Å². The van der Waals surface area contributed by atoms with Crippen molar-refractivity contribution in [3.05, 3.63) is 46.7 Å². The van der Waals surface area contributed by atoms with Gasteiger partial charge in [0, 0.05) is 51.9 Å². The van der Waals surface area contributed by atoms with Crippen LogP contribution in [-0.2, 0) is 4.79 Å². The lowest BCUT2D eigenvalue weighted by molar-refractivity contribution is -0.142. The minimum atomic E-state index is -0.566. The zero-order valence-electron chi connectivity index (χ0n) is 24.1. The van der Waals surface area contributed by atoms with Crippen molar-refractivity contribution in [1.29, 1.82) is 5.26 Å². The van der Waals surface area contributed by atoms with Crippen LogP contribution in [0.4, 0.5) is 21.0 Å². The number of benzene rings is 1. The topological polar surface area (TPSA) is 118 Å². The summed E-state index contributed by atoms with van der Waals surface area (Å²) in [6, 6.07) is 12.3. The van der Waals surface area contributed by atoms with Crippen LogP contribution in [0.5, 0.6) is 0 Å². The summed E-state index contributed by atoms with van der Waals surface area (Å²) in [5.74, 6) is 0.227. The van der Waals surface area contributed by atoms with Gasteiger partial charge in [0.1, 0.15) is 22.5 Å². The van der Waals surface area contributed by atoms with E-state index in [2.05, 4.69) is 16.0 Å². The zero-order valence-corrected chi connectivity index (χ0v) is 24.9. The molecule has 1 saturated carbocycles. The molecule has 5 heterocycles. The van der Waals surface area contributed by atoms with E-state index in [0.717, 1.165) is 35.2 Å². The molecule has 11 nitrogen and oxygen atoms in total. The highest BCUT2D eigenvalue weighted by atomic mass is 32.1. The molecule has 2 saturated heterocycles. The lowest BCUT2D eigenvalue weighted by atomic mass is 10.1. The molecule has 222 valence electrons. The van der Waals surface area contributed by atoms with Crippen molar-refractivity contribution in [3.63, 3.8) is 0 Å². The number of anilines is 3. The average Bonchev–Trinajstić information content (AvgIpc) is 3.64. The number of thiazole rings is 1. The van der Waals surface area contributed by atoms with E-state index in [1.54, 1.807) is 4.90 Å². The molecule has 0 spiro atoms. The molecule has 0 atom stereocenters. The Morgan fingerprint density at radius 3 is 2.53 bits per heavy atom. The van der Waals surface area contributed by atoms with Gasteiger partial charge in [-0.25, -0.2) is 9.67 Å². The Kier molecular flexibility index (Phi) is 6.99. The number of aryl methyl sites for hydroxylation is 1. The van der Waals surface area contributed by atoms with Crippen LogP contribution in [-0.4, -0.2) is 99.5 Å². The summed E-state index contributed by atoms with van der Waals surface area (Å²) in [4.78, 5) is 29.8. The number of carbonyl (C=O) groups excluding carboxylic acids is 1. The number of amides is 1. The number of β-amino-alcohol motifs (C(OH)–C–C–N with tert-alkyl or cyclic N) is 1. The molecule has 1 N–H and O–H groups in total. The van der Waals surface area contributed by atoms with Crippen LogP contribution in [0.25, 0.3) is 22.3 Å². The van der Waals surface area contributed by atoms with Gasteiger partial charge in [-0.1, -0.05) is 41.2 Å². The molecule has 1 aromatic carbocycles. The third-order valence-electron chi connectivity index (χ3n) is 8.42. The van der Waals surface area contributed by atoms with Crippen molar-refractivity contribution in [2.75, 3.05) is 62.7 Å². The van der Waals surface area contributed by atoms with Crippen LogP contribution in [0.2, 0.25) is 0 Å². The fourth-order valence-electron chi connectivity index (χ4n) is 5.74. The van der Waals surface area contributed by atoms with Gasteiger partial charge in [0.05, 0.1) is 29.8 Å². The van der Waals surface area contributed by atoms with E-state index in [-0.39, 0.29) is 11.9 Å². The Labute approximate surface area is 252 Å². The van der Waals surface area contributed by atoms with Crippen LogP contribution in [0.15, 0.2) is 30.3 Å². The largest absolute Gasteiger partial charge is 0.389 e. The molecule has 7 rings (SSSR count). The molecule has 1 aliphatic carbocycles. The van der Waals surface area contributed by atoms with Crippen LogP contribution in [0.1, 0.15) is 29.3 Å². The van der Waals surface area contributed by atoms with Gasteiger partial charge in [-0.3, -0.25) is 9.69 Å². The van der Waals surface area contributed by atoms with Gasteiger partial charge < -0.3 is 19.8 Å². The maximum atomic E-state index is 15.4. The standard InChI is InChI=1S/C30H32FN9O2S/c1-18-3-5-19(6-4-18)26-24(14-32)43-30(33-26)36(2)29-22-13-23(27(31)34-28(22)35-40(29)20-7-8-20)38-11-9-37(10-12-38)17-25(42)39-15-21(41)16-39/h3-6,13,20-21,41H,7-12,15-17H2,1-2H3. The smallest absolute Gasteiger partial charge is 0.238 e. The second-order valence-electron chi connectivity index (χ2n) is 11.6. The van der Waals surface area contributed by atoms with Gasteiger partial charge in [0.15, 0.2) is 10.8 Å². The monoisotopic (exact) mass is 601 g/mol. The predicted octanol–water partition coefficient (Wildman–Crippen LogP) is 3.30. The number of nitriles is 1. The molecule has 3 aliphatic rings. The minimum Gasteiger partial charge on any atom is -0.389 e. The molecule has 4 aromatic rings. The van der Waals surface area contributed by atoms with E-state index < -0.39 is 12.1 Å². The Morgan fingerprint density at radius 1 is 1.16 bits per heavy atom. The first-order valence-electron chi connectivity index (χ1n) is 14.5. The average molecular weight is 602 g/mol. The number of aromatic nitrogens is 4. The lowest BCUT2D eigenvalue weighted by Crippen LogP contribution is -2.57. The van der Waals surface area contributed by atoms with Crippen LogP contribution < -0.4 is 9.80 Å². The number of hydrogen-bond acceptors (Lipinski definition) is 10. The number of rotatable bonds is 7. The second-order valence-corrected chi connectivity index (χ2v) is 12.6. The van der Waals surface area contributed by atoms with Crippen molar-refractivity contribution < 1.29 is 14.3 Å². The number of nitrogens with zero attached hydrogens (tertiary/aromatic N) is 9. The SMILES string of the molecule is Cc1ccc(-c2nc(N(C)c3c4cc(N5CCN(CC(=O)N6CC(O)C6)CC5)c(F)nc4nn3C3CC3)sc2C#N)cc1. The first-order chi connectivity index (χ1) is 20.8. The molecule has 1 amide bonds. The number of halogens is 1. The number of aliphatic hydroxyl groups is 1. The maximum absolute atomic E-state index is 15.4. The van der Waals surface area contributed by atoms with Crippen molar-refractivity contribution in [3.8, 4) is 17.3 Å². The predicted molar refractivity (Wildman–Crippen MR) is 162 cm³/mol. The third-order valence-corrected chi connectivity index (χ3v) is 9.46. The van der Waals surface area contributed by atoms with Gasteiger partial charge in [0.2, 0.25) is 11.9 Å². The van der Waals surface area contributed by atoms with Gasteiger partial charge in [-0.05, 0) is 25.8 Å². The lowest BCUT2D eigenvalue weighted by Gasteiger charge is -2.39. The molecule has 0 radical (unpaired) electrons. The van der Waals surface area contributed by atoms with Crippen LogP contribution in [0, 0.1) is 24.2 Å². The summed E-state index contributed by atoms with van der Waals surface area (Å²) >= 11 is 1.32. The summed E-state index contributed by atoms with van der Waals surface area (Å²) in [7, 11) is 1.91. The summed E-state index contributed by atoms with van der Waals surface area (Å²) in [5, 5.41) is 25.5. The number of carbonyl (C=O) groups is 1.